The molecule has 1 heterocycles. The average Bonchev–Trinajstić information content (AvgIpc) is 2.93. The van der Waals surface area contributed by atoms with E-state index >= 15 is 0 Å². The van der Waals surface area contributed by atoms with Crippen LogP contribution in [0.1, 0.15) is 34.3 Å². The Kier molecular flexibility index (Phi) is 4.58. The number of benzene rings is 1. The standard InChI is InChI=1S/C15H14ClNO3/c1-2-7-17-15(19)12-5-3-10(8-13(12)16)14-6-4-11(9-18)20-14/h3-6,8-9H,2,7H2,1H3,(H,17,19). The van der Waals surface area contributed by atoms with Crippen LogP contribution >= 0.6 is 11.6 Å². The Morgan fingerprint density at radius 1 is 1.35 bits per heavy atom. The zero-order valence-electron chi connectivity index (χ0n) is 11.0. The summed E-state index contributed by atoms with van der Waals surface area (Å²) in [6, 6.07) is 8.30. The molecular weight excluding hydrogens is 278 g/mol. The fraction of sp³-hybridized carbons (Fsp3) is 0.200. The van der Waals surface area contributed by atoms with Gasteiger partial charge in [0.1, 0.15) is 5.76 Å². The Balaban J connectivity index is 2.25. The Bertz CT molecular complexity index is 634. The number of hydrogen-bond acceptors (Lipinski definition) is 3. The molecule has 0 aliphatic heterocycles. The van der Waals surface area contributed by atoms with Gasteiger partial charge >= 0.3 is 0 Å². The van der Waals surface area contributed by atoms with E-state index in [4.69, 9.17) is 16.0 Å². The van der Waals surface area contributed by atoms with Crippen molar-refractivity contribution in [3.63, 3.8) is 0 Å². The second-order valence-electron chi connectivity index (χ2n) is 4.27. The van der Waals surface area contributed by atoms with Crippen molar-refractivity contribution in [3.8, 4) is 11.3 Å². The van der Waals surface area contributed by atoms with Gasteiger partial charge < -0.3 is 9.73 Å². The quantitative estimate of drug-likeness (QED) is 0.857. The normalized spacial score (nSPS) is 10.3. The van der Waals surface area contributed by atoms with E-state index in [1.54, 1.807) is 30.3 Å². The molecule has 0 bridgehead atoms. The number of hydrogen-bond donors (Lipinski definition) is 1. The Morgan fingerprint density at radius 2 is 2.15 bits per heavy atom. The smallest absolute Gasteiger partial charge is 0.252 e. The van der Waals surface area contributed by atoms with Crippen LogP contribution in [0.5, 0.6) is 0 Å². The number of amides is 1. The monoisotopic (exact) mass is 291 g/mol. The van der Waals surface area contributed by atoms with Crippen molar-refractivity contribution in [2.45, 2.75) is 13.3 Å². The van der Waals surface area contributed by atoms with E-state index in [1.165, 1.54) is 0 Å². The van der Waals surface area contributed by atoms with E-state index in [0.29, 0.717) is 29.2 Å². The van der Waals surface area contributed by atoms with Gasteiger partial charge in [-0.1, -0.05) is 24.6 Å². The van der Waals surface area contributed by atoms with E-state index in [0.717, 1.165) is 12.0 Å². The summed E-state index contributed by atoms with van der Waals surface area (Å²) in [7, 11) is 0. The van der Waals surface area contributed by atoms with Gasteiger partial charge in [0.2, 0.25) is 0 Å². The predicted octanol–water partition coefficient (Wildman–Crippen LogP) is 3.55. The van der Waals surface area contributed by atoms with Crippen LogP contribution in [0.3, 0.4) is 0 Å². The first-order valence-electron chi connectivity index (χ1n) is 6.29. The second kappa shape index (κ2) is 6.39. The molecule has 1 aromatic carbocycles. The molecule has 1 aromatic heterocycles. The maximum absolute atomic E-state index is 11.9. The minimum Gasteiger partial charge on any atom is -0.453 e. The van der Waals surface area contributed by atoms with Crippen molar-refractivity contribution >= 4 is 23.8 Å². The molecule has 1 amide bonds. The van der Waals surface area contributed by atoms with E-state index in [2.05, 4.69) is 5.32 Å². The number of aldehydes is 1. The molecule has 0 aliphatic carbocycles. The van der Waals surface area contributed by atoms with Crippen LogP contribution in [0.4, 0.5) is 0 Å². The molecule has 0 atom stereocenters. The molecule has 104 valence electrons. The van der Waals surface area contributed by atoms with Gasteiger partial charge in [-0.05, 0) is 30.7 Å². The molecular formula is C15H14ClNO3. The Hall–Kier alpha value is -2.07. The van der Waals surface area contributed by atoms with Crippen LogP contribution < -0.4 is 5.32 Å². The first kappa shape index (κ1) is 14.3. The minimum absolute atomic E-state index is 0.198. The minimum atomic E-state index is -0.198. The van der Waals surface area contributed by atoms with Crippen LogP contribution in [0.25, 0.3) is 11.3 Å². The van der Waals surface area contributed by atoms with Crippen LogP contribution in [-0.4, -0.2) is 18.7 Å². The van der Waals surface area contributed by atoms with Gasteiger partial charge in [0.15, 0.2) is 12.0 Å². The van der Waals surface area contributed by atoms with Gasteiger partial charge in [0, 0.05) is 12.1 Å². The molecule has 0 saturated heterocycles. The van der Waals surface area contributed by atoms with Gasteiger partial charge in [-0.15, -0.1) is 0 Å². The number of furan rings is 1. The average molecular weight is 292 g/mol. The topological polar surface area (TPSA) is 59.3 Å². The summed E-state index contributed by atoms with van der Waals surface area (Å²) in [5.74, 6) is 0.590. The van der Waals surface area contributed by atoms with Gasteiger partial charge in [-0.25, -0.2) is 0 Å². The zero-order valence-corrected chi connectivity index (χ0v) is 11.7. The molecule has 20 heavy (non-hydrogen) atoms. The van der Waals surface area contributed by atoms with Crippen LogP contribution in [0.2, 0.25) is 5.02 Å². The third-order valence-electron chi connectivity index (χ3n) is 2.78. The SMILES string of the molecule is CCCNC(=O)c1ccc(-c2ccc(C=O)o2)cc1Cl. The number of nitrogens with one attached hydrogen (secondary N) is 1. The highest BCUT2D eigenvalue weighted by Crippen LogP contribution is 2.27. The van der Waals surface area contributed by atoms with Gasteiger partial charge in [0.05, 0.1) is 10.6 Å². The summed E-state index contributed by atoms with van der Waals surface area (Å²) in [5.41, 5.74) is 1.14. The van der Waals surface area contributed by atoms with Gasteiger partial charge in [0.25, 0.3) is 5.91 Å². The van der Waals surface area contributed by atoms with Crippen LogP contribution in [-0.2, 0) is 0 Å². The highest BCUT2D eigenvalue weighted by Gasteiger charge is 2.12. The highest BCUT2D eigenvalue weighted by atomic mass is 35.5. The van der Waals surface area contributed by atoms with E-state index in [-0.39, 0.29) is 11.7 Å². The predicted molar refractivity (Wildman–Crippen MR) is 77.2 cm³/mol. The fourth-order valence-electron chi connectivity index (χ4n) is 1.76. The molecule has 4 nitrogen and oxygen atoms in total. The third kappa shape index (κ3) is 3.08. The van der Waals surface area contributed by atoms with Gasteiger partial charge in [-0.2, -0.15) is 0 Å². The third-order valence-corrected chi connectivity index (χ3v) is 3.09. The Morgan fingerprint density at radius 3 is 2.75 bits per heavy atom. The van der Waals surface area contributed by atoms with Crippen molar-refractivity contribution in [2.24, 2.45) is 0 Å². The fourth-order valence-corrected chi connectivity index (χ4v) is 2.02. The molecule has 0 unspecified atom stereocenters. The summed E-state index contributed by atoms with van der Waals surface area (Å²) in [4.78, 5) is 22.4. The van der Waals surface area contributed by atoms with Gasteiger partial charge in [-0.3, -0.25) is 9.59 Å². The van der Waals surface area contributed by atoms with Crippen LogP contribution in [0, 0.1) is 0 Å². The van der Waals surface area contributed by atoms with E-state index in [1.807, 2.05) is 6.92 Å². The van der Waals surface area contributed by atoms with E-state index in [9.17, 15) is 9.59 Å². The molecule has 0 fully saturated rings. The maximum Gasteiger partial charge on any atom is 0.252 e. The molecule has 0 radical (unpaired) electrons. The lowest BCUT2D eigenvalue weighted by molar-refractivity contribution is 0.0953. The van der Waals surface area contributed by atoms with Crippen molar-refractivity contribution in [1.82, 2.24) is 5.32 Å². The summed E-state index contributed by atoms with van der Waals surface area (Å²) in [5, 5.41) is 3.12. The number of halogens is 1. The molecule has 2 aromatic rings. The van der Waals surface area contributed by atoms with Crippen molar-refractivity contribution in [1.29, 1.82) is 0 Å². The highest BCUT2D eigenvalue weighted by molar-refractivity contribution is 6.34. The van der Waals surface area contributed by atoms with E-state index < -0.39 is 0 Å². The summed E-state index contributed by atoms with van der Waals surface area (Å²) < 4.78 is 5.31. The van der Waals surface area contributed by atoms with Crippen LogP contribution in [0.15, 0.2) is 34.7 Å². The second-order valence-corrected chi connectivity index (χ2v) is 4.68. The molecule has 1 N–H and O–H groups in total. The number of carbonyl (C=O) groups excluding carboxylic acids is 2. The van der Waals surface area contributed by atoms with Crippen molar-refractivity contribution in [2.75, 3.05) is 6.54 Å². The van der Waals surface area contributed by atoms with Crippen molar-refractivity contribution < 1.29 is 14.0 Å². The lowest BCUT2D eigenvalue weighted by atomic mass is 10.1. The first-order chi connectivity index (χ1) is 9.65. The van der Waals surface area contributed by atoms with Crippen molar-refractivity contribution in [3.05, 3.63) is 46.7 Å². The number of carbonyl (C=O) groups is 2. The Labute approximate surface area is 121 Å². The number of rotatable bonds is 5. The zero-order chi connectivity index (χ0) is 14.5. The lowest BCUT2D eigenvalue weighted by Gasteiger charge is -2.06. The molecule has 0 spiro atoms. The summed E-state index contributed by atoms with van der Waals surface area (Å²) in [6.45, 7) is 2.59. The largest absolute Gasteiger partial charge is 0.453 e. The molecule has 2 rings (SSSR count). The molecule has 0 saturated carbocycles. The molecule has 5 heteroatoms. The molecule has 0 aliphatic rings. The first-order valence-corrected chi connectivity index (χ1v) is 6.66. The lowest BCUT2D eigenvalue weighted by Crippen LogP contribution is -2.24. The summed E-state index contributed by atoms with van der Waals surface area (Å²) in [6.07, 6.45) is 1.50. The maximum atomic E-state index is 11.9. The summed E-state index contributed by atoms with van der Waals surface area (Å²) >= 11 is 6.12.